The van der Waals surface area contributed by atoms with Crippen LogP contribution in [0.25, 0.3) is 11.4 Å². The second-order valence-electron chi connectivity index (χ2n) is 3.33. The van der Waals surface area contributed by atoms with Crippen LogP contribution >= 0.6 is 0 Å². The molecule has 0 bridgehead atoms. The van der Waals surface area contributed by atoms with Crippen LogP contribution in [0, 0.1) is 5.82 Å². The molecule has 0 amide bonds. The lowest BCUT2D eigenvalue weighted by molar-refractivity contribution is 0.603. The van der Waals surface area contributed by atoms with Gasteiger partial charge in [-0.25, -0.2) is 4.39 Å². The van der Waals surface area contributed by atoms with E-state index in [0.29, 0.717) is 5.69 Å². The number of aromatic nitrogens is 3. The summed E-state index contributed by atoms with van der Waals surface area (Å²) in [5.41, 5.74) is 1.48. The van der Waals surface area contributed by atoms with Crippen LogP contribution in [0.3, 0.4) is 0 Å². The zero-order valence-electron chi connectivity index (χ0n) is 8.52. The van der Waals surface area contributed by atoms with Crippen molar-refractivity contribution in [3.63, 3.8) is 0 Å². The third-order valence-corrected chi connectivity index (χ3v) is 2.08. The molecule has 0 fully saturated rings. The molecule has 0 saturated carbocycles. The van der Waals surface area contributed by atoms with Crippen LogP contribution in [0.5, 0.6) is 0 Å². The molecule has 2 aromatic rings. The third-order valence-electron chi connectivity index (χ3n) is 2.08. The minimum Gasteiger partial charge on any atom is -0.272 e. The summed E-state index contributed by atoms with van der Waals surface area (Å²) in [5, 5.41) is 4.33. The molecule has 2 aromatic heterocycles. The van der Waals surface area contributed by atoms with E-state index in [1.165, 1.54) is 12.3 Å². The van der Waals surface area contributed by atoms with Crippen molar-refractivity contribution >= 4 is 0 Å². The Morgan fingerprint density at radius 2 is 2.13 bits per heavy atom. The van der Waals surface area contributed by atoms with Gasteiger partial charge in [-0.05, 0) is 24.6 Å². The fraction of sp³-hybridized carbons (Fsp3) is 0.273. The van der Waals surface area contributed by atoms with E-state index in [9.17, 15) is 4.39 Å². The van der Waals surface area contributed by atoms with Crippen molar-refractivity contribution in [2.75, 3.05) is 0 Å². The van der Waals surface area contributed by atoms with Crippen LogP contribution in [0.4, 0.5) is 4.39 Å². The highest BCUT2D eigenvalue weighted by Crippen LogP contribution is 2.13. The summed E-state index contributed by atoms with van der Waals surface area (Å²) in [6.45, 7) is 2.98. The zero-order valence-corrected chi connectivity index (χ0v) is 8.52. The van der Waals surface area contributed by atoms with Gasteiger partial charge in [-0.15, -0.1) is 0 Å². The molecule has 2 heterocycles. The maximum absolute atomic E-state index is 12.6. The van der Waals surface area contributed by atoms with Gasteiger partial charge in [0.05, 0.1) is 11.9 Å². The number of hydrogen-bond donors (Lipinski definition) is 0. The standard InChI is InChI=1S/C11H12FN3/c1-2-6-15-7-5-11(14-15)10-4-3-9(12)8-13-10/h3-5,7-8H,2,6H2,1H3. The average molecular weight is 205 g/mol. The van der Waals surface area contributed by atoms with E-state index in [4.69, 9.17) is 0 Å². The largest absolute Gasteiger partial charge is 0.272 e. The van der Waals surface area contributed by atoms with Crippen LogP contribution in [-0.4, -0.2) is 14.8 Å². The van der Waals surface area contributed by atoms with Gasteiger partial charge in [-0.1, -0.05) is 6.92 Å². The Balaban J connectivity index is 2.25. The van der Waals surface area contributed by atoms with Crippen molar-refractivity contribution in [3.8, 4) is 11.4 Å². The van der Waals surface area contributed by atoms with Crippen molar-refractivity contribution in [1.82, 2.24) is 14.8 Å². The number of hydrogen-bond acceptors (Lipinski definition) is 2. The van der Waals surface area contributed by atoms with Crippen molar-refractivity contribution in [3.05, 3.63) is 36.4 Å². The molecule has 0 radical (unpaired) electrons. The summed E-state index contributed by atoms with van der Waals surface area (Å²) >= 11 is 0. The van der Waals surface area contributed by atoms with E-state index in [1.54, 1.807) is 6.07 Å². The molecule has 0 aliphatic heterocycles. The first kappa shape index (κ1) is 9.83. The monoisotopic (exact) mass is 205 g/mol. The Bertz CT molecular complexity index is 433. The number of nitrogens with zero attached hydrogens (tertiary/aromatic N) is 3. The smallest absolute Gasteiger partial charge is 0.141 e. The van der Waals surface area contributed by atoms with Gasteiger partial charge in [-0.3, -0.25) is 9.67 Å². The Morgan fingerprint density at radius 1 is 1.27 bits per heavy atom. The molecular weight excluding hydrogens is 193 g/mol. The van der Waals surface area contributed by atoms with Crippen LogP contribution in [0.15, 0.2) is 30.6 Å². The lowest BCUT2D eigenvalue weighted by Crippen LogP contribution is -1.97. The van der Waals surface area contributed by atoms with E-state index in [0.717, 1.165) is 18.7 Å². The first-order valence-corrected chi connectivity index (χ1v) is 4.95. The zero-order chi connectivity index (χ0) is 10.7. The molecule has 0 atom stereocenters. The third kappa shape index (κ3) is 2.21. The molecule has 0 N–H and O–H groups in total. The van der Waals surface area contributed by atoms with Gasteiger partial charge in [0.1, 0.15) is 11.5 Å². The van der Waals surface area contributed by atoms with Gasteiger partial charge < -0.3 is 0 Å². The van der Waals surface area contributed by atoms with Gasteiger partial charge in [0.2, 0.25) is 0 Å². The molecule has 2 rings (SSSR count). The molecule has 0 aliphatic rings. The molecule has 4 heteroatoms. The molecule has 0 unspecified atom stereocenters. The second-order valence-corrected chi connectivity index (χ2v) is 3.33. The van der Waals surface area contributed by atoms with Gasteiger partial charge >= 0.3 is 0 Å². The number of halogens is 1. The van der Waals surface area contributed by atoms with Gasteiger partial charge in [0.25, 0.3) is 0 Å². The normalized spacial score (nSPS) is 10.5. The van der Waals surface area contributed by atoms with Crippen LogP contribution in [0.2, 0.25) is 0 Å². The predicted octanol–water partition coefficient (Wildman–Crippen LogP) is 2.49. The maximum atomic E-state index is 12.6. The van der Waals surface area contributed by atoms with Crippen molar-refractivity contribution in [2.24, 2.45) is 0 Å². The molecule has 0 saturated heterocycles. The number of pyridine rings is 1. The lowest BCUT2D eigenvalue weighted by atomic mass is 10.3. The highest BCUT2D eigenvalue weighted by molar-refractivity contribution is 5.52. The summed E-state index contributed by atoms with van der Waals surface area (Å²) < 4.78 is 14.5. The van der Waals surface area contributed by atoms with Gasteiger partial charge in [-0.2, -0.15) is 5.10 Å². The number of rotatable bonds is 3. The topological polar surface area (TPSA) is 30.7 Å². The maximum Gasteiger partial charge on any atom is 0.141 e. The SMILES string of the molecule is CCCn1ccc(-c2ccc(F)cn2)n1. The Hall–Kier alpha value is -1.71. The molecule has 0 aliphatic carbocycles. The van der Waals surface area contributed by atoms with Crippen molar-refractivity contribution in [1.29, 1.82) is 0 Å². The molecule has 78 valence electrons. The first-order chi connectivity index (χ1) is 7.29. The Kier molecular flexibility index (Phi) is 2.76. The van der Waals surface area contributed by atoms with Crippen molar-refractivity contribution < 1.29 is 4.39 Å². The van der Waals surface area contributed by atoms with E-state index >= 15 is 0 Å². The first-order valence-electron chi connectivity index (χ1n) is 4.95. The van der Waals surface area contributed by atoms with E-state index in [1.807, 2.05) is 16.9 Å². The summed E-state index contributed by atoms with van der Waals surface area (Å²) in [6.07, 6.45) is 4.15. The summed E-state index contributed by atoms with van der Waals surface area (Å²) in [6, 6.07) is 4.91. The molecular formula is C11H12FN3. The minimum absolute atomic E-state index is 0.327. The molecule has 0 aromatic carbocycles. The fourth-order valence-corrected chi connectivity index (χ4v) is 1.38. The van der Waals surface area contributed by atoms with Gasteiger partial charge in [0, 0.05) is 12.7 Å². The van der Waals surface area contributed by atoms with Crippen LogP contribution in [-0.2, 0) is 6.54 Å². The molecule has 3 nitrogen and oxygen atoms in total. The fourth-order valence-electron chi connectivity index (χ4n) is 1.38. The van der Waals surface area contributed by atoms with Crippen LogP contribution in [0.1, 0.15) is 13.3 Å². The Morgan fingerprint density at radius 3 is 2.80 bits per heavy atom. The molecule has 15 heavy (non-hydrogen) atoms. The highest BCUT2D eigenvalue weighted by atomic mass is 19.1. The summed E-state index contributed by atoms with van der Waals surface area (Å²) in [7, 11) is 0. The minimum atomic E-state index is -0.327. The highest BCUT2D eigenvalue weighted by Gasteiger charge is 2.03. The second kappa shape index (κ2) is 4.21. The van der Waals surface area contributed by atoms with Crippen molar-refractivity contribution in [2.45, 2.75) is 19.9 Å². The van der Waals surface area contributed by atoms with E-state index in [-0.39, 0.29) is 5.82 Å². The van der Waals surface area contributed by atoms with E-state index < -0.39 is 0 Å². The van der Waals surface area contributed by atoms with Gasteiger partial charge in [0.15, 0.2) is 0 Å². The average Bonchev–Trinajstić information content (AvgIpc) is 2.68. The predicted molar refractivity (Wildman–Crippen MR) is 55.7 cm³/mol. The summed E-state index contributed by atoms with van der Waals surface area (Å²) in [4.78, 5) is 3.97. The molecule has 0 spiro atoms. The van der Waals surface area contributed by atoms with Crippen LogP contribution < -0.4 is 0 Å². The quantitative estimate of drug-likeness (QED) is 0.770. The summed E-state index contributed by atoms with van der Waals surface area (Å²) in [5.74, 6) is -0.327. The number of aryl methyl sites for hydroxylation is 1. The van der Waals surface area contributed by atoms with E-state index in [2.05, 4.69) is 17.0 Å². The Labute approximate surface area is 87.6 Å². The lowest BCUT2D eigenvalue weighted by Gasteiger charge is -1.97.